The third kappa shape index (κ3) is 3.06. The van der Waals surface area contributed by atoms with E-state index in [9.17, 15) is 13.6 Å². The van der Waals surface area contributed by atoms with Gasteiger partial charge < -0.3 is 4.74 Å². The lowest BCUT2D eigenvalue weighted by molar-refractivity contribution is 0.147. The molecule has 0 aliphatic carbocycles. The molecule has 0 N–H and O–H groups in total. The first-order valence-corrected chi connectivity index (χ1v) is 7.02. The van der Waals surface area contributed by atoms with E-state index in [-0.39, 0.29) is 11.3 Å². The first kappa shape index (κ1) is 15.5. The van der Waals surface area contributed by atoms with Crippen LogP contribution in [0.15, 0.2) is 18.2 Å². The van der Waals surface area contributed by atoms with Crippen LogP contribution in [0.2, 0.25) is 0 Å². The molecule has 1 aliphatic heterocycles. The summed E-state index contributed by atoms with van der Waals surface area (Å²) >= 11 is 0. The van der Waals surface area contributed by atoms with E-state index in [0.717, 1.165) is 25.0 Å². The molecule has 0 spiro atoms. The maximum absolute atomic E-state index is 13.9. The van der Waals surface area contributed by atoms with Gasteiger partial charge in [0.25, 0.3) is 0 Å². The molecule has 0 unspecified atom stereocenters. The van der Waals surface area contributed by atoms with E-state index in [1.807, 2.05) is 6.92 Å². The zero-order chi connectivity index (χ0) is 15.6. The standard InChI is InChI=1S/C16H19F2NO2/c1-4-5-8-21-15(20)19-14-10-11(17)9-13(18)12(14)6-7-16(19,2)3/h6-7,9-10H,4-5,8H2,1-3H3. The number of anilines is 1. The lowest BCUT2D eigenvalue weighted by atomic mass is 9.94. The van der Waals surface area contributed by atoms with Gasteiger partial charge in [-0.05, 0) is 26.3 Å². The number of hydrogen-bond donors (Lipinski definition) is 0. The van der Waals surface area contributed by atoms with E-state index in [1.165, 1.54) is 4.90 Å². The van der Waals surface area contributed by atoms with Gasteiger partial charge in [-0.1, -0.05) is 25.5 Å². The molecule has 0 atom stereocenters. The smallest absolute Gasteiger partial charge is 0.415 e. The molecule has 0 fully saturated rings. The molecule has 0 radical (unpaired) electrons. The number of amides is 1. The van der Waals surface area contributed by atoms with Crippen LogP contribution in [0, 0.1) is 11.6 Å². The average Bonchev–Trinajstić information content (AvgIpc) is 2.37. The summed E-state index contributed by atoms with van der Waals surface area (Å²) in [4.78, 5) is 13.6. The fraction of sp³-hybridized carbons (Fsp3) is 0.438. The number of carbonyl (C=O) groups is 1. The molecular formula is C16H19F2NO2. The topological polar surface area (TPSA) is 29.5 Å². The summed E-state index contributed by atoms with van der Waals surface area (Å²) in [7, 11) is 0. The molecule has 1 amide bonds. The summed E-state index contributed by atoms with van der Waals surface area (Å²) in [6, 6.07) is 1.97. The van der Waals surface area contributed by atoms with Crippen molar-refractivity contribution in [3.63, 3.8) is 0 Å². The molecule has 1 aliphatic rings. The van der Waals surface area contributed by atoms with Crippen LogP contribution < -0.4 is 4.90 Å². The van der Waals surface area contributed by atoms with E-state index in [4.69, 9.17) is 4.74 Å². The van der Waals surface area contributed by atoms with Gasteiger partial charge >= 0.3 is 6.09 Å². The van der Waals surface area contributed by atoms with Crippen molar-refractivity contribution in [1.82, 2.24) is 0 Å². The Bertz CT molecular complexity index is 582. The number of fused-ring (bicyclic) bond motifs is 1. The quantitative estimate of drug-likeness (QED) is 0.768. The van der Waals surface area contributed by atoms with Crippen molar-refractivity contribution in [2.75, 3.05) is 11.5 Å². The number of carbonyl (C=O) groups excluding carboxylic acids is 1. The summed E-state index contributed by atoms with van der Waals surface area (Å²) in [5, 5.41) is 0. The molecular weight excluding hydrogens is 276 g/mol. The van der Waals surface area contributed by atoms with Gasteiger partial charge in [0.05, 0.1) is 17.8 Å². The summed E-state index contributed by atoms with van der Waals surface area (Å²) in [6.45, 7) is 5.85. The molecule has 3 nitrogen and oxygen atoms in total. The Morgan fingerprint density at radius 2 is 2.05 bits per heavy atom. The Hall–Kier alpha value is -1.91. The monoisotopic (exact) mass is 295 g/mol. The van der Waals surface area contributed by atoms with Crippen molar-refractivity contribution in [3.8, 4) is 0 Å². The number of unbranched alkanes of at least 4 members (excludes halogenated alkanes) is 1. The summed E-state index contributed by atoms with van der Waals surface area (Å²) in [6.07, 6.45) is 4.33. The Morgan fingerprint density at radius 1 is 1.33 bits per heavy atom. The van der Waals surface area contributed by atoms with Crippen molar-refractivity contribution in [2.45, 2.75) is 39.2 Å². The minimum atomic E-state index is -0.719. The van der Waals surface area contributed by atoms with Crippen LogP contribution in [0.4, 0.5) is 19.3 Å². The molecule has 0 saturated heterocycles. The second-order valence-corrected chi connectivity index (χ2v) is 5.61. The first-order chi connectivity index (χ1) is 9.86. The van der Waals surface area contributed by atoms with Crippen molar-refractivity contribution < 1.29 is 18.3 Å². The molecule has 0 bridgehead atoms. The average molecular weight is 295 g/mol. The minimum Gasteiger partial charge on any atom is -0.449 e. The fourth-order valence-corrected chi connectivity index (χ4v) is 2.30. The molecule has 114 valence electrons. The van der Waals surface area contributed by atoms with Crippen LogP contribution in [0.3, 0.4) is 0 Å². The highest BCUT2D eigenvalue weighted by molar-refractivity contribution is 5.94. The highest BCUT2D eigenvalue weighted by Gasteiger charge is 2.36. The zero-order valence-electron chi connectivity index (χ0n) is 12.5. The van der Waals surface area contributed by atoms with E-state index < -0.39 is 23.3 Å². The van der Waals surface area contributed by atoms with Gasteiger partial charge in [-0.25, -0.2) is 13.6 Å². The lowest BCUT2D eigenvalue weighted by Crippen LogP contribution is -2.49. The van der Waals surface area contributed by atoms with Crippen LogP contribution >= 0.6 is 0 Å². The van der Waals surface area contributed by atoms with Gasteiger partial charge in [0.2, 0.25) is 0 Å². The zero-order valence-corrected chi connectivity index (χ0v) is 12.5. The maximum atomic E-state index is 13.9. The highest BCUT2D eigenvalue weighted by Crippen LogP contribution is 2.37. The van der Waals surface area contributed by atoms with Crippen LogP contribution in [0.25, 0.3) is 6.08 Å². The van der Waals surface area contributed by atoms with Crippen molar-refractivity contribution in [2.24, 2.45) is 0 Å². The summed E-state index contributed by atoms with van der Waals surface area (Å²) in [5.74, 6) is -1.41. The van der Waals surface area contributed by atoms with Crippen LogP contribution in [-0.4, -0.2) is 18.2 Å². The van der Waals surface area contributed by atoms with E-state index in [1.54, 1.807) is 26.0 Å². The van der Waals surface area contributed by atoms with Gasteiger partial charge in [-0.15, -0.1) is 0 Å². The number of rotatable bonds is 3. The van der Waals surface area contributed by atoms with Crippen molar-refractivity contribution >= 4 is 17.9 Å². The number of ether oxygens (including phenoxy) is 1. The van der Waals surface area contributed by atoms with Crippen molar-refractivity contribution in [3.05, 3.63) is 35.4 Å². The third-order valence-electron chi connectivity index (χ3n) is 3.45. The Kier molecular flexibility index (Phi) is 4.30. The fourth-order valence-electron chi connectivity index (χ4n) is 2.30. The second kappa shape index (κ2) is 5.84. The Balaban J connectivity index is 2.39. The number of nitrogens with zero attached hydrogens (tertiary/aromatic N) is 1. The largest absolute Gasteiger partial charge is 0.449 e. The normalized spacial score (nSPS) is 15.8. The van der Waals surface area contributed by atoms with E-state index in [0.29, 0.717) is 6.61 Å². The Labute approximate surface area is 123 Å². The highest BCUT2D eigenvalue weighted by atomic mass is 19.1. The number of benzene rings is 1. The van der Waals surface area contributed by atoms with Gasteiger partial charge in [0.15, 0.2) is 0 Å². The molecule has 1 heterocycles. The summed E-state index contributed by atoms with van der Waals surface area (Å²) < 4.78 is 32.6. The van der Waals surface area contributed by atoms with E-state index >= 15 is 0 Å². The molecule has 1 aromatic carbocycles. The Morgan fingerprint density at radius 3 is 2.71 bits per heavy atom. The molecule has 5 heteroatoms. The molecule has 21 heavy (non-hydrogen) atoms. The lowest BCUT2D eigenvalue weighted by Gasteiger charge is -2.39. The van der Waals surface area contributed by atoms with Crippen molar-refractivity contribution in [1.29, 1.82) is 0 Å². The molecule has 0 aromatic heterocycles. The molecule has 0 saturated carbocycles. The van der Waals surface area contributed by atoms with Gasteiger partial charge in [0, 0.05) is 11.6 Å². The van der Waals surface area contributed by atoms with Crippen LogP contribution in [0.1, 0.15) is 39.2 Å². The maximum Gasteiger partial charge on any atom is 0.415 e. The summed E-state index contributed by atoms with van der Waals surface area (Å²) in [5.41, 5.74) is -0.319. The SMILES string of the molecule is CCCCOC(=O)N1c2cc(F)cc(F)c2C=CC1(C)C. The van der Waals surface area contributed by atoms with Gasteiger partial charge in [0.1, 0.15) is 11.6 Å². The number of halogens is 2. The first-order valence-electron chi connectivity index (χ1n) is 7.02. The van der Waals surface area contributed by atoms with Crippen LogP contribution in [0.5, 0.6) is 0 Å². The molecule has 2 rings (SSSR count). The minimum absolute atomic E-state index is 0.196. The third-order valence-corrected chi connectivity index (χ3v) is 3.45. The number of hydrogen-bond acceptors (Lipinski definition) is 2. The predicted molar refractivity (Wildman–Crippen MR) is 78.2 cm³/mol. The predicted octanol–water partition coefficient (Wildman–Crippen LogP) is 4.51. The molecule has 1 aromatic rings. The van der Waals surface area contributed by atoms with Gasteiger partial charge in [-0.2, -0.15) is 0 Å². The second-order valence-electron chi connectivity index (χ2n) is 5.61. The van der Waals surface area contributed by atoms with Crippen LogP contribution in [-0.2, 0) is 4.74 Å². The van der Waals surface area contributed by atoms with Gasteiger partial charge in [-0.3, -0.25) is 4.90 Å². The van der Waals surface area contributed by atoms with E-state index in [2.05, 4.69) is 0 Å².